The van der Waals surface area contributed by atoms with Crippen LogP contribution in [0.25, 0.3) is 0 Å². The van der Waals surface area contributed by atoms with Gasteiger partial charge in [-0.1, -0.05) is 0 Å². The molecule has 1 aromatic rings. The minimum absolute atomic E-state index is 0.0850. The van der Waals surface area contributed by atoms with Gasteiger partial charge in [0.05, 0.1) is 4.92 Å². The van der Waals surface area contributed by atoms with Crippen molar-refractivity contribution in [2.75, 3.05) is 6.54 Å². The molecule has 0 heterocycles. The van der Waals surface area contributed by atoms with E-state index in [1.54, 1.807) is 20.8 Å². The van der Waals surface area contributed by atoms with Gasteiger partial charge in [0.15, 0.2) is 0 Å². The second-order valence-corrected chi connectivity index (χ2v) is 6.80. The zero-order valence-electron chi connectivity index (χ0n) is 15.9. The van der Waals surface area contributed by atoms with E-state index in [1.165, 1.54) is 24.3 Å². The van der Waals surface area contributed by atoms with Gasteiger partial charge in [-0.15, -0.1) is 0 Å². The molecule has 0 saturated heterocycles. The zero-order valence-corrected chi connectivity index (χ0v) is 15.9. The lowest BCUT2D eigenvalue weighted by atomic mass is 10.1. The number of benzene rings is 1. The molecular weight excluding hydrogens is 372 g/mol. The third kappa shape index (κ3) is 8.83. The maximum atomic E-state index is 12.4. The summed E-state index contributed by atoms with van der Waals surface area (Å²) >= 11 is 0. The van der Waals surface area contributed by atoms with Crippen LogP contribution in [-0.2, 0) is 9.53 Å². The van der Waals surface area contributed by atoms with Crippen molar-refractivity contribution in [1.29, 1.82) is 0 Å². The first-order valence-corrected chi connectivity index (χ1v) is 8.47. The number of nitro benzene ring substituents is 1. The molecule has 0 bridgehead atoms. The number of nitrogens with one attached hydrogen (secondary N) is 2. The predicted octanol–water partition coefficient (Wildman–Crippen LogP) is 1.84. The van der Waals surface area contributed by atoms with Crippen molar-refractivity contribution in [3.05, 3.63) is 34.4 Å². The van der Waals surface area contributed by atoms with Crippen LogP contribution in [0.15, 0.2) is 24.3 Å². The van der Waals surface area contributed by atoms with E-state index in [-0.39, 0.29) is 24.4 Å². The highest BCUT2D eigenvalue weighted by molar-refractivity contribution is 5.83. The molecule has 154 valence electrons. The number of carbonyl (C=O) groups excluding carboxylic acids is 3. The van der Waals surface area contributed by atoms with Crippen LogP contribution in [0.1, 0.15) is 33.6 Å². The van der Waals surface area contributed by atoms with Crippen LogP contribution in [0, 0.1) is 10.1 Å². The van der Waals surface area contributed by atoms with Gasteiger partial charge in [-0.3, -0.25) is 10.1 Å². The quantitative estimate of drug-likeness (QED) is 0.198. The Bertz CT molecular complexity index is 713. The number of hydrogen-bond donors (Lipinski definition) is 3. The maximum absolute atomic E-state index is 12.4. The number of primary amides is 1. The summed E-state index contributed by atoms with van der Waals surface area (Å²) in [7, 11) is 0. The van der Waals surface area contributed by atoms with E-state index < -0.39 is 34.7 Å². The monoisotopic (exact) mass is 396 g/mol. The number of nitro groups is 1. The topological polar surface area (TPSA) is 163 Å². The normalized spacial score (nSPS) is 11.8. The van der Waals surface area contributed by atoms with Crippen molar-refractivity contribution in [3.63, 3.8) is 0 Å². The average Bonchev–Trinajstić information content (AvgIpc) is 2.56. The number of urea groups is 1. The van der Waals surface area contributed by atoms with Crippen molar-refractivity contribution in [2.45, 2.75) is 45.3 Å². The van der Waals surface area contributed by atoms with Crippen molar-refractivity contribution in [3.8, 4) is 5.75 Å². The zero-order chi connectivity index (χ0) is 21.3. The van der Waals surface area contributed by atoms with Gasteiger partial charge in [-0.25, -0.2) is 14.4 Å². The molecule has 1 atom stereocenters. The molecule has 11 heteroatoms. The Hall–Kier alpha value is -3.37. The number of hydrogen-bond acceptors (Lipinski definition) is 7. The minimum Gasteiger partial charge on any atom is -0.444 e. The van der Waals surface area contributed by atoms with E-state index in [0.29, 0.717) is 6.42 Å². The molecule has 4 N–H and O–H groups in total. The molecule has 11 nitrogen and oxygen atoms in total. The van der Waals surface area contributed by atoms with Crippen LogP contribution < -0.4 is 21.1 Å². The van der Waals surface area contributed by atoms with Crippen molar-refractivity contribution >= 4 is 23.8 Å². The van der Waals surface area contributed by atoms with E-state index in [2.05, 4.69) is 10.6 Å². The fourth-order valence-electron chi connectivity index (χ4n) is 2.04. The minimum atomic E-state index is -1.06. The molecule has 3 amide bonds. The summed E-state index contributed by atoms with van der Waals surface area (Å²) in [6, 6.07) is 3.17. The summed E-state index contributed by atoms with van der Waals surface area (Å²) in [6.07, 6.45) is -0.328. The number of amides is 3. The standard InChI is InChI=1S/C17H24N4O7/c1-17(2,3)28-16(24)20-13(5-4-10-19-15(18)23)14(22)27-12-8-6-11(7-9-12)21(25)26/h6-9,13H,4-5,10H2,1-3H3,(H,20,24)(H3,18,19,23)/t13-/m0/s1. The lowest BCUT2D eigenvalue weighted by Crippen LogP contribution is -2.45. The number of nitrogens with zero attached hydrogens (tertiary/aromatic N) is 1. The van der Waals surface area contributed by atoms with E-state index in [9.17, 15) is 24.5 Å². The molecule has 0 radical (unpaired) electrons. The van der Waals surface area contributed by atoms with Crippen LogP contribution in [0.4, 0.5) is 15.3 Å². The van der Waals surface area contributed by atoms with Gasteiger partial charge in [-0.05, 0) is 45.7 Å². The first-order valence-electron chi connectivity index (χ1n) is 8.47. The summed E-state index contributed by atoms with van der Waals surface area (Å²) in [6.45, 7) is 5.22. The van der Waals surface area contributed by atoms with E-state index in [0.717, 1.165) is 0 Å². The molecule has 0 aliphatic carbocycles. The molecule has 0 saturated carbocycles. The molecule has 0 fully saturated rings. The SMILES string of the molecule is CC(C)(C)OC(=O)N[C@@H](CCCNC(N)=O)C(=O)Oc1ccc([N+](=O)[O-])cc1. The number of alkyl carbamates (subject to hydrolysis) is 1. The lowest BCUT2D eigenvalue weighted by Gasteiger charge is -2.23. The molecule has 1 rings (SSSR count). The molecule has 0 unspecified atom stereocenters. The Kier molecular flexibility index (Phi) is 8.17. The number of carbonyl (C=O) groups is 3. The van der Waals surface area contributed by atoms with Crippen molar-refractivity contribution in [1.82, 2.24) is 10.6 Å². The van der Waals surface area contributed by atoms with Gasteiger partial charge in [0.2, 0.25) is 0 Å². The highest BCUT2D eigenvalue weighted by Crippen LogP contribution is 2.18. The van der Waals surface area contributed by atoms with E-state index in [4.69, 9.17) is 15.2 Å². The Balaban J connectivity index is 2.76. The number of esters is 1. The summed E-state index contributed by atoms with van der Waals surface area (Å²) in [5.41, 5.74) is 4.06. The molecule has 28 heavy (non-hydrogen) atoms. The third-order valence-electron chi connectivity index (χ3n) is 3.21. The lowest BCUT2D eigenvalue weighted by molar-refractivity contribution is -0.384. The van der Waals surface area contributed by atoms with Gasteiger partial charge in [0.25, 0.3) is 5.69 Å². The Morgan fingerprint density at radius 3 is 2.32 bits per heavy atom. The van der Waals surface area contributed by atoms with E-state index in [1.807, 2.05) is 0 Å². The van der Waals surface area contributed by atoms with Gasteiger partial charge in [-0.2, -0.15) is 0 Å². The van der Waals surface area contributed by atoms with Crippen LogP contribution in [0.2, 0.25) is 0 Å². The summed E-state index contributed by atoms with van der Waals surface area (Å²) in [5.74, 6) is -0.694. The summed E-state index contributed by atoms with van der Waals surface area (Å²) in [5, 5.41) is 15.5. The van der Waals surface area contributed by atoms with Crippen LogP contribution in [0.3, 0.4) is 0 Å². The Morgan fingerprint density at radius 2 is 1.82 bits per heavy atom. The largest absolute Gasteiger partial charge is 0.444 e. The van der Waals surface area contributed by atoms with Gasteiger partial charge in [0.1, 0.15) is 17.4 Å². The first kappa shape index (κ1) is 22.7. The molecule has 0 aliphatic heterocycles. The van der Waals surface area contributed by atoms with Crippen molar-refractivity contribution < 1.29 is 28.8 Å². The number of rotatable bonds is 8. The van der Waals surface area contributed by atoms with Crippen LogP contribution in [-0.4, -0.2) is 41.2 Å². The molecule has 0 aliphatic rings. The fraction of sp³-hybridized carbons (Fsp3) is 0.471. The molecule has 1 aromatic carbocycles. The molecule has 0 spiro atoms. The second-order valence-electron chi connectivity index (χ2n) is 6.80. The van der Waals surface area contributed by atoms with Gasteiger partial charge >= 0.3 is 18.1 Å². The van der Waals surface area contributed by atoms with E-state index >= 15 is 0 Å². The number of nitrogens with two attached hydrogens (primary N) is 1. The molecular formula is C17H24N4O7. The third-order valence-corrected chi connectivity index (χ3v) is 3.21. The van der Waals surface area contributed by atoms with Crippen LogP contribution in [0.5, 0.6) is 5.75 Å². The predicted molar refractivity (Wildman–Crippen MR) is 98.7 cm³/mol. The summed E-state index contributed by atoms with van der Waals surface area (Å²) in [4.78, 5) is 45.2. The van der Waals surface area contributed by atoms with Gasteiger partial charge < -0.3 is 25.8 Å². The van der Waals surface area contributed by atoms with Crippen LogP contribution >= 0.6 is 0 Å². The molecule has 0 aromatic heterocycles. The fourth-order valence-corrected chi connectivity index (χ4v) is 2.04. The highest BCUT2D eigenvalue weighted by atomic mass is 16.6. The van der Waals surface area contributed by atoms with Crippen molar-refractivity contribution in [2.24, 2.45) is 5.73 Å². The average molecular weight is 396 g/mol. The van der Waals surface area contributed by atoms with Gasteiger partial charge in [0, 0.05) is 18.7 Å². The second kappa shape index (κ2) is 10.1. The maximum Gasteiger partial charge on any atom is 0.408 e. The smallest absolute Gasteiger partial charge is 0.408 e. The highest BCUT2D eigenvalue weighted by Gasteiger charge is 2.26. The summed E-state index contributed by atoms with van der Waals surface area (Å²) < 4.78 is 10.3. The number of non-ortho nitro benzene ring substituents is 1. The number of ether oxygens (including phenoxy) is 2. The Morgan fingerprint density at radius 1 is 1.21 bits per heavy atom. The Labute approximate surface area is 161 Å². The first-order chi connectivity index (χ1) is 13.0.